The maximum atomic E-state index is 12.0. The quantitative estimate of drug-likeness (QED) is 0.639. The molecule has 3 rings (SSSR count). The second kappa shape index (κ2) is 6.02. The number of allylic oxidation sites excluding steroid dienone is 2. The van der Waals surface area contributed by atoms with Gasteiger partial charge in [0.15, 0.2) is 0 Å². The van der Waals surface area contributed by atoms with Gasteiger partial charge < -0.3 is 5.32 Å². The van der Waals surface area contributed by atoms with Crippen molar-refractivity contribution < 1.29 is 4.21 Å². The maximum absolute atomic E-state index is 12.0. The van der Waals surface area contributed by atoms with Crippen molar-refractivity contribution in [2.75, 3.05) is 18.8 Å². The smallest absolute Gasteiger partial charge is 0.0542 e. The van der Waals surface area contributed by atoms with E-state index in [4.69, 9.17) is 0 Å². The zero-order valence-corrected chi connectivity index (χ0v) is 11.9. The van der Waals surface area contributed by atoms with Gasteiger partial charge in [0.2, 0.25) is 0 Å². The summed E-state index contributed by atoms with van der Waals surface area (Å²) in [5.41, 5.74) is 0. The molecule has 4 atom stereocenters. The van der Waals surface area contributed by atoms with Crippen LogP contribution in [0.3, 0.4) is 0 Å². The second-order valence-corrected chi connectivity index (χ2v) is 7.18. The number of hydrogen-bond donors (Lipinski definition) is 1. The summed E-state index contributed by atoms with van der Waals surface area (Å²) >= 11 is 0. The first-order valence-corrected chi connectivity index (χ1v) is 8.47. The first-order valence-electron chi connectivity index (χ1n) is 7.15. The summed E-state index contributed by atoms with van der Waals surface area (Å²) in [4.78, 5) is 0.937. The van der Waals surface area contributed by atoms with Gasteiger partial charge in [0.1, 0.15) is 0 Å². The Kier molecular flexibility index (Phi) is 4.14. The molecule has 1 N–H and O–H groups in total. The van der Waals surface area contributed by atoms with Gasteiger partial charge in [-0.3, -0.25) is 4.21 Å². The van der Waals surface area contributed by atoms with Crippen molar-refractivity contribution in [1.82, 2.24) is 5.32 Å². The van der Waals surface area contributed by atoms with E-state index >= 15 is 0 Å². The maximum Gasteiger partial charge on any atom is 0.0542 e. The van der Waals surface area contributed by atoms with Crippen LogP contribution in [0.5, 0.6) is 0 Å². The Labute approximate surface area is 117 Å². The summed E-state index contributed by atoms with van der Waals surface area (Å²) in [6.45, 7) is 1.93. The molecule has 0 radical (unpaired) electrons. The molecule has 0 unspecified atom stereocenters. The molecule has 1 aromatic carbocycles. The minimum atomic E-state index is -0.865. The van der Waals surface area contributed by atoms with E-state index < -0.39 is 10.8 Å². The van der Waals surface area contributed by atoms with Crippen molar-refractivity contribution in [3.63, 3.8) is 0 Å². The highest BCUT2D eigenvalue weighted by molar-refractivity contribution is 7.85. The predicted molar refractivity (Wildman–Crippen MR) is 79.4 cm³/mol. The van der Waals surface area contributed by atoms with Crippen LogP contribution in [0, 0.1) is 17.8 Å². The van der Waals surface area contributed by atoms with Gasteiger partial charge >= 0.3 is 0 Å². The Morgan fingerprint density at radius 1 is 1.16 bits per heavy atom. The van der Waals surface area contributed by atoms with E-state index in [-0.39, 0.29) is 0 Å². The molecule has 0 aliphatic heterocycles. The van der Waals surface area contributed by atoms with Crippen LogP contribution in [0.4, 0.5) is 0 Å². The Balaban J connectivity index is 1.37. The zero-order chi connectivity index (χ0) is 13.1. The Morgan fingerprint density at radius 3 is 2.68 bits per heavy atom. The van der Waals surface area contributed by atoms with Gasteiger partial charge in [-0.2, -0.15) is 0 Å². The first-order chi connectivity index (χ1) is 9.33. The third-order valence-corrected chi connectivity index (χ3v) is 5.67. The van der Waals surface area contributed by atoms with Gasteiger partial charge in [0.05, 0.1) is 10.8 Å². The molecule has 102 valence electrons. The zero-order valence-electron chi connectivity index (χ0n) is 11.1. The van der Waals surface area contributed by atoms with Crippen LogP contribution in [-0.2, 0) is 10.8 Å². The highest BCUT2D eigenvalue weighted by Crippen LogP contribution is 2.42. The van der Waals surface area contributed by atoms with Crippen LogP contribution in [0.25, 0.3) is 0 Å². The summed E-state index contributed by atoms with van der Waals surface area (Å²) in [7, 11) is -0.865. The topological polar surface area (TPSA) is 29.1 Å². The average molecular weight is 275 g/mol. The third-order valence-electron chi connectivity index (χ3n) is 4.29. The van der Waals surface area contributed by atoms with Gasteiger partial charge in [-0.15, -0.1) is 0 Å². The standard InChI is InChI=1S/C16H21NOS/c18-19(16-4-2-1-3-5-16)9-8-17-12-15-11-13-6-7-14(15)10-13/h1-7,13-15,17H,8-12H2/t13-,14-,15-,19-/m0/s1. The van der Waals surface area contributed by atoms with E-state index in [0.29, 0.717) is 5.75 Å². The molecule has 0 amide bonds. The Bertz CT molecular complexity index is 471. The lowest BCUT2D eigenvalue weighted by Gasteiger charge is -2.18. The monoisotopic (exact) mass is 275 g/mol. The van der Waals surface area contributed by atoms with Gasteiger partial charge in [0.25, 0.3) is 0 Å². The van der Waals surface area contributed by atoms with Gasteiger partial charge in [-0.25, -0.2) is 0 Å². The molecule has 2 aliphatic rings. The van der Waals surface area contributed by atoms with Crippen molar-refractivity contribution in [3.05, 3.63) is 42.5 Å². The van der Waals surface area contributed by atoms with Gasteiger partial charge in [-0.1, -0.05) is 30.4 Å². The van der Waals surface area contributed by atoms with E-state index in [1.807, 2.05) is 30.3 Å². The number of nitrogens with one attached hydrogen (secondary N) is 1. The lowest BCUT2D eigenvalue weighted by Crippen LogP contribution is -2.28. The molecule has 1 saturated carbocycles. The highest BCUT2D eigenvalue weighted by Gasteiger charge is 2.34. The van der Waals surface area contributed by atoms with Gasteiger partial charge in [-0.05, 0) is 49.3 Å². The summed E-state index contributed by atoms with van der Waals surface area (Å²) in [5.74, 6) is 3.16. The summed E-state index contributed by atoms with van der Waals surface area (Å²) in [6, 6.07) is 9.74. The molecule has 2 bridgehead atoms. The largest absolute Gasteiger partial charge is 0.316 e. The average Bonchev–Trinajstić information content (AvgIpc) is 3.07. The summed E-state index contributed by atoms with van der Waals surface area (Å²) in [6.07, 6.45) is 7.48. The third kappa shape index (κ3) is 3.15. The van der Waals surface area contributed by atoms with Crippen molar-refractivity contribution >= 4 is 10.8 Å². The Morgan fingerprint density at radius 2 is 2.00 bits per heavy atom. The minimum absolute atomic E-state index is 0.709. The molecular formula is C16H21NOS. The minimum Gasteiger partial charge on any atom is -0.316 e. The fraction of sp³-hybridized carbons (Fsp3) is 0.500. The van der Waals surface area contributed by atoms with Crippen molar-refractivity contribution in [3.8, 4) is 0 Å². The molecule has 2 nitrogen and oxygen atoms in total. The molecular weight excluding hydrogens is 254 g/mol. The van der Waals surface area contributed by atoms with Crippen molar-refractivity contribution in [2.24, 2.45) is 17.8 Å². The fourth-order valence-corrected chi connectivity index (χ4v) is 4.30. The summed E-state index contributed by atoms with van der Waals surface area (Å²) in [5, 5.41) is 3.49. The number of fused-ring (bicyclic) bond motifs is 2. The second-order valence-electron chi connectivity index (χ2n) is 5.61. The predicted octanol–water partition coefficient (Wildman–Crippen LogP) is 2.60. The molecule has 3 heteroatoms. The van der Waals surface area contributed by atoms with E-state index in [0.717, 1.165) is 35.7 Å². The Hall–Kier alpha value is -0.930. The number of benzene rings is 1. The van der Waals surface area contributed by atoms with E-state index in [9.17, 15) is 4.21 Å². The van der Waals surface area contributed by atoms with Crippen LogP contribution >= 0.6 is 0 Å². The molecule has 0 heterocycles. The molecule has 0 saturated heterocycles. The molecule has 0 spiro atoms. The van der Waals surface area contributed by atoms with E-state index in [2.05, 4.69) is 17.5 Å². The van der Waals surface area contributed by atoms with Crippen LogP contribution in [0.2, 0.25) is 0 Å². The fourth-order valence-electron chi connectivity index (χ4n) is 3.27. The molecule has 0 aromatic heterocycles. The lowest BCUT2D eigenvalue weighted by molar-refractivity contribution is 0.420. The van der Waals surface area contributed by atoms with E-state index in [1.54, 1.807) is 0 Å². The van der Waals surface area contributed by atoms with Gasteiger partial charge in [0, 0.05) is 17.2 Å². The molecule has 19 heavy (non-hydrogen) atoms. The van der Waals surface area contributed by atoms with Crippen LogP contribution in [0.15, 0.2) is 47.4 Å². The molecule has 2 aliphatic carbocycles. The SMILES string of the molecule is O=[S@@](CCNC[C@@H]1C[C@H]2C=C[C@H]1C2)c1ccccc1. The highest BCUT2D eigenvalue weighted by atomic mass is 32.2. The number of rotatable bonds is 6. The molecule has 1 aromatic rings. The number of hydrogen-bond acceptors (Lipinski definition) is 2. The van der Waals surface area contributed by atoms with Crippen molar-refractivity contribution in [1.29, 1.82) is 0 Å². The summed E-state index contributed by atoms with van der Waals surface area (Å²) < 4.78 is 12.0. The normalized spacial score (nSPS) is 29.8. The van der Waals surface area contributed by atoms with Crippen LogP contribution in [-0.4, -0.2) is 23.1 Å². The van der Waals surface area contributed by atoms with Crippen molar-refractivity contribution in [2.45, 2.75) is 17.7 Å². The van der Waals surface area contributed by atoms with Crippen LogP contribution < -0.4 is 5.32 Å². The first kappa shape index (κ1) is 13.1. The van der Waals surface area contributed by atoms with Crippen LogP contribution in [0.1, 0.15) is 12.8 Å². The van der Waals surface area contributed by atoms with E-state index in [1.165, 1.54) is 12.8 Å². The molecule has 1 fully saturated rings. The lowest BCUT2D eigenvalue weighted by atomic mass is 9.94.